The average molecular weight is 484 g/mol. The summed E-state index contributed by atoms with van der Waals surface area (Å²) in [5.74, 6) is 2.54. The van der Waals surface area contributed by atoms with Crippen LogP contribution in [0.5, 0.6) is 11.5 Å². The second-order valence-electron chi connectivity index (χ2n) is 11.1. The Balaban J connectivity index is 1.79. The molecule has 1 N–H and O–H groups in total. The molecule has 0 unspecified atom stereocenters. The molecular weight excluding hydrogens is 442 g/mol. The fourth-order valence-corrected chi connectivity index (χ4v) is 5.80. The van der Waals surface area contributed by atoms with Gasteiger partial charge in [0, 0.05) is 18.0 Å². The molecule has 0 spiro atoms. The molecular formula is C28H41N3O4. The molecule has 1 aromatic heterocycles. The summed E-state index contributed by atoms with van der Waals surface area (Å²) in [5, 5.41) is 4.19. The van der Waals surface area contributed by atoms with Crippen LogP contribution >= 0.6 is 0 Å². The molecule has 0 radical (unpaired) electrons. The zero-order chi connectivity index (χ0) is 25.5. The van der Waals surface area contributed by atoms with Crippen molar-refractivity contribution in [3.8, 4) is 11.5 Å². The highest BCUT2D eigenvalue weighted by atomic mass is 16.5. The summed E-state index contributed by atoms with van der Waals surface area (Å²) < 4.78 is 13.2. The van der Waals surface area contributed by atoms with Gasteiger partial charge in [0.25, 0.3) is 5.91 Å². The Hall–Kier alpha value is -2.70. The normalized spacial score (nSPS) is 26.7. The van der Waals surface area contributed by atoms with Gasteiger partial charge in [-0.2, -0.15) is 0 Å². The molecule has 1 fully saturated rings. The first kappa shape index (κ1) is 25.4. The topological polar surface area (TPSA) is 72.8 Å². The fourth-order valence-electron chi connectivity index (χ4n) is 5.80. The molecule has 1 aromatic carbocycles. The number of carbonyl (C=O) groups excluding carboxylic acids is 2. The molecule has 1 aliphatic carbocycles. The zero-order valence-corrected chi connectivity index (χ0v) is 22.3. The molecule has 35 heavy (non-hydrogen) atoms. The molecule has 0 bridgehead atoms. The quantitative estimate of drug-likeness (QED) is 0.610. The van der Waals surface area contributed by atoms with Crippen LogP contribution < -0.4 is 14.8 Å². The highest BCUT2D eigenvalue weighted by Gasteiger charge is 2.48. The van der Waals surface area contributed by atoms with Crippen LogP contribution in [0.4, 0.5) is 0 Å². The Morgan fingerprint density at radius 2 is 1.86 bits per heavy atom. The van der Waals surface area contributed by atoms with Crippen molar-refractivity contribution in [3.05, 3.63) is 23.9 Å². The van der Waals surface area contributed by atoms with Crippen LogP contribution in [-0.2, 0) is 11.3 Å². The van der Waals surface area contributed by atoms with Crippen molar-refractivity contribution in [2.75, 3.05) is 20.8 Å². The van der Waals surface area contributed by atoms with Gasteiger partial charge in [-0.1, -0.05) is 40.5 Å². The van der Waals surface area contributed by atoms with Crippen LogP contribution in [0.2, 0.25) is 0 Å². The number of nitrogens with zero attached hydrogens (tertiary/aromatic N) is 2. The Kier molecular flexibility index (Phi) is 7.07. The Labute approximate surface area is 209 Å². The second-order valence-corrected chi connectivity index (χ2v) is 11.1. The van der Waals surface area contributed by atoms with Gasteiger partial charge in [-0.15, -0.1) is 0 Å². The van der Waals surface area contributed by atoms with Crippen LogP contribution in [0.3, 0.4) is 0 Å². The number of rotatable bonds is 7. The summed E-state index contributed by atoms with van der Waals surface area (Å²) in [4.78, 5) is 29.8. The van der Waals surface area contributed by atoms with Crippen LogP contribution in [0.25, 0.3) is 10.9 Å². The van der Waals surface area contributed by atoms with Crippen LogP contribution in [0.15, 0.2) is 18.2 Å². The van der Waals surface area contributed by atoms with Crippen molar-refractivity contribution in [3.63, 3.8) is 0 Å². The minimum Gasteiger partial charge on any atom is -0.496 e. The Morgan fingerprint density at radius 3 is 2.51 bits per heavy atom. The summed E-state index contributed by atoms with van der Waals surface area (Å²) in [6, 6.07) is 5.71. The molecule has 0 saturated heterocycles. The SMILES string of the molecule is COc1ccc(OC)c2c1cc1n2C[C@](C)(C(=O)N[C@@H]2CCC[C@H](C)[C@@H]2C)N(CCC(C)C)C1=O. The number of ether oxygens (including phenoxy) is 2. The van der Waals surface area contributed by atoms with Gasteiger partial charge in [0.05, 0.1) is 26.3 Å². The molecule has 4 atom stereocenters. The molecule has 2 amide bonds. The highest BCUT2D eigenvalue weighted by molar-refractivity contribution is 6.05. The molecule has 2 aliphatic rings. The average Bonchev–Trinajstić information content (AvgIpc) is 3.20. The van der Waals surface area contributed by atoms with Gasteiger partial charge in [0.2, 0.25) is 5.91 Å². The van der Waals surface area contributed by atoms with Crippen molar-refractivity contribution in [2.24, 2.45) is 17.8 Å². The molecule has 2 aromatic rings. The van der Waals surface area contributed by atoms with Gasteiger partial charge in [-0.05, 0) is 55.7 Å². The predicted octanol–water partition coefficient (Wildman–Crippen LogP) is 4.86. The smallest absolute Gasteiger partial charge is 0.271 e. The third-order valence-electron chi connectivity index (χ3n) is 8.39. The number of methoxy groups -OCH3 is 2. The second kappa shape index (κ2) is 9.75. The third kappa shape index (κ3) is 4.38. The van der Waals surface area contributed by atoms with Crippen LogP contribution in [0.1, 0.15) is 70.8 Å². The molecule has 2 heterocycles. The van der Waals surface area contributed by atoms with Crippen molar-refractivity contribution in [1.82, 2.24) is 14.8 Å². The maximum Gasteiger partial charge on any atom is 0.271 e. The number of carbonyl (C=O) groups is 2. The van der Waals surface area contributed by atoms with Crippen LogP contribution in [-0.4, -0.2) is 53.6 Å². The van der Waals surface area contributed by atoms with E-state index in [1.807, 2.05) is 29.7 Å². The van der Waals surface area contributed by atoms with E-state index in [1.54, 1.807) is 19.1 Å². The van der Waals surface area contributed by atoms with Gasteiger partial charge in [-0.3, -0.25) is 9.59 Å². The number of amides is 2. The standard InChI is InChI=1S/C28H41N3O4/c1-17(2)13-14-31-26(32)22-15-20-23(34-6)11-12-24(35-7)25(20)30(22)16-28(31,5)27(33)29-21-10-8-9-18(3)19(21)4/h11-12,15,17-19,21H,8-10,13-14,16H2,1-7H3,(H,29,33)/t18-,19-,21+,28+/m0/s1. The van der Waals surface area contributed by atoms with Gasteiger partial charge in [0.15, 0.2) is 0 Å². The number of aromatic nitrogens is 1. The number of fused-ring (bicyclic) bond motifs is 3. The van der Waals surface area contributed by atoms with E-state index in [-0.39, 0.29) is 17.9 Å². The minimum atomic E-state index is -1.01. The molecule has 192 valence electrons. The number of nitrogens with one attached hydrogen (secondary N) is 1. The monoisotopic (exact) mass is 483 g/mol. The highest BCUT2D eigenvalue weighted by Crippen LogP contribution is 2.40. The lowest BCUT2D eigenvalue weighted by molar-refractivity contribution is -0.134. The largest absolute Gasteiger partial charge is 0.496 e. The summed E-state index contributed by atoms with van der Waals surface area (Å²) >= 11 is 0. The number of benzene rings is 1. The minimum absolute atomic E-state index is 0.0741. The lowest BCUT2D eigenvalue weighted by Gasteiger charge is -2.46. The maximum atomic E-state index is 14.0. The molecule has 7 heteroatoms. The number of hydrogen-bond donors (Lipinski definition) is 1. The van der Waals surface area contributed by atoms with E-state index >= 15 is 0 Å². The van der Waals surface area contributed by atoms with Gasteiger partial charge >= 0.3 is 0 Å². The van der Waals surface area contributed by atoms with E-state index in [0.29, 0.717) is 48.0 Å². The van der Waals surface area contributed by atoms with Gasteiger partial charge in [0.1, 0.15) is 22.7 Å². The zero-order valence-electron chi connectivity index (χ0n) is 22.3. The summed E-state index contributed by atoms with van der Waals surface area (Å²) in [6.07, 6.45) is 4.13. The van der Waals surface area contributed by atoms with Crippen molar-refractivity contribution in [2.45, 2.75) is 78.4 Å². The van der Waals surface area contributed by atoms with E-state index < -0.39 is 5.54 Å². The van der Waals surface area contributed by atoms with E-state index in [0.717, 1.165) is 30.2 Å². The van der Waals surface area contributed by atoms with E-state index in [9.17, 15) is 9.59 Å². The summed E-state index contributed by atoms with van der Waals surface area (Å²) in [5.41, 5.74) is 0.341. The summed E-state index contributed by atoms with van der Waals surface area (Å²) in [7, 11) is 3.25. The van der Waals surface area contributed by atoms with Crippen LogP contribution in [0, 0.1) is 17.8 Å². The Bertz CT molecular complexity index is 1110. The van der Waals surface area contributed by atoms with E-state index in [4.69, 9.17) is 9.47 Å². The Morgan fingerprint density at radius 1 is 1.17 bits per heavy atom. The lowest BCUT2D eigenvalue weighted by Crippen LogP contribution is -2.65. The first-order valence-electron chi connectivity index (χ1n) is 13.0. The molecule has 7 nitrogen and oxygen atoms in total. The first-order chi connectivity index (χ1) is 16.6. The first-order valence-corrected chi connectivity index (χ1v) is 13.0. The van der Waals surface area contributed by atoms with E-state index in [1.165, 1.54) is 6.42 Å². The van der Waals surface area contributed by atoms with E-state index in [2.05, 4.69) is 33.0 Å². The summed E-state index contributed by atoms with van der Waals surface area (Å²) in [6.45, 7) is 11.6. The predicted molar refractivity (Wildman–Crippen MR) is 138 cm³/mol. The molecule has 1 saturated carbocycles. The fraction of sp³-hybridized carbons (Fsp3) is 0.643. The molecule has 1 aliphatic heterocycles. The lowest BCUT2D eigenvalue weighted by atomic mass is 9.77. The maximum absolute atomic E-state index is 14.0. The van der Waals surface area contributed by atoms with Gasteiger partial charge < -0.3 is 24.3 Å². The third-order valence-corrected chi connectivity index (χ3v) is 8.39. The van der Waals surface area contributed by atoms with Crippen molar-refractivity contribution >= 4 is 22.7 Å². The van der Waals surface area contributed by atoms with Gasteiger partial charge in [-0.25, -0.2) is 0 Å². The van der Waals surface area contributed by atoms with Crippen molar-refractivity contribution < 1.29 is 19.1 Å². The molecule has 4 rings (SSSR count). The van der Waals surface area contributed by atoms with Crippen molar-refractivity contribution in [1.29, 1.82) is 0 Å². The number of hydrogen-bond acceptors (Lipinski definition) is 4.